The first-order valence-electron chi connectivity index (χ1n) is 9.24. The molecule has 0 spiro atoms. The van der Waals surface area contributed by atoms with Crippen molar-refractivity contribution in [3.63, 3.8) is 0 Å². The first-order valence-corrected chi connectivity index (χ1v) is 9.24. The zero-order valence-electron chi connectivity index (χ0n) is 15.8. The van der Waals surface area contributed by atoms with Gasteiger partial charge in [-0.1, -0.05) is 0 Å². The number of aromatic nitrogens is 4. The Kier molecular flexibility index (Phi) is 4.77. The number of hydrogen-bond acceptors (Lipinski definition) is 5. The number of carbonyl (C=O) groups excluding carboxylic acids is 1. The van der Waals surface area contributed by atoms with E-state index in [9.17, 15) is 9.18 Å². The Bertz CT molecular complexity index is 1010. The molecule has 2 aromatic heterocycles. The third kappa shape index (κ3) is 3.58. The number of hydrogen-bond donors (Lipinski definition) is 1. The maximum atomic E-state index is 14.6. The van der Waals surface area contributed by atoms with Crippen LogP contribution in [0.5, 0.6) is 0 Å². The predicted molar refractivity (Wildman–Crippen MR) is 104 cm³/mol. The summed E-state index contributed by atoms with van der Waals surface area (Å²) in [6, 6.07) is 9.80. The molecule has 0 atom stereocenters. The fourth-order valence-corrected chi connectivity index (χ4v) is 3.39. The van der Waals surface area contributed by atoms with Crippen molar-refractivity contribution in [3.8, 4) is 5.69 Å². The standard InChI is InChI=1S/C20H21FN6O/c1-13-11-14(2)27(25-13)18-7-5-15(12-16(18)21)22-20(28)17-6-8-19(24-23-17)26-9-3-4-10-26/h5-8,11-12H,3-4,9-10H2,1-2H3,(H,22,28). The lowest BCUT2D eigenvalue weighted by atomic mass is 10.2. The van der Waals surface area contributed by atoms with Crippen molar-refractivity contribution in [2.75, 3.05) is 23.3 Å². The Balaban J connectivity index is 1.48. The zero-order chi connectivity index (χ0) is 19.7. The van der Waals surface area contributed by atoms with Crippen molar-refractivity contribution in [2.24, 2.45) is 0 Å². The molecule has 1 N–H and O–H groups in total. The number of amides is 1. The number of benzene rings is 1. The van der Waals surface area contributed by atoms with Gasteiger partial charge in [0.15, 0.2) is 17.3 Å². The second-order valence-electron chi connectivity index (χ2n) is 6.93. The molecule has 0 saturated carbocycles. The van der Waals surface area contributed by atoms with Crippen molar-refractivity contribution in [2.45, 2.75) is 26.7 Å². The van der Waals surface area contributed by atoms with Crippen LogP contribution in [0.2, 0.25) is 0 Å². The fourth-order valence-electron chi connectivity index (χ4n) is 3.39. The summed E-state index contributed by atoms with van der Waals surface area (Å²) in [7, 11) is 0. The van der Waals surface area contributed by atoms with E-state index in [-0.39, 0.29) is 5.69 Å². The molecule has 3 aromatic rings. The van der Waals surface area contributed by atoms with E-state index in [4.69, 9.17) is 0 Å². The van der Waals surface area contributed by atoms with Crippen LogP contribution in [0.25, 0.3) is 5.69 Å². The molecule has 1 aliphatic rings. The van der Waals surface area contributed by atoms with Gasteiger partial charge in [0.25, 0.3) is 5.91 Å². The summed E-state index contributed by atoms with van der Waals surface area (Å²) >= 11 is 0. The largest absolute Gasteiger partial charge is 0.355 e. The Morgan fingerprint density at radius 3 is 2.46 bits per heavy atom. The van der Waals surface area contributed by atoms with Crippen LogP contribution >= 0.6 is 0 Å². The van der Waals surface area contributed by atoms with Crippen LogP contribution in [0.15, 0.2) is 36.4 Å². The lowest BCUT2D eigenvalue weighted by molar-refractivity contribution is 0.102. The Morgan fingerprint density at radius 1 is 1.07 bits per heavy atom. The molecular formula is C20H21FN6O. The van der Waals surface area contributed by atoms with E-state index in [0.717, 1.165) is 43.1 Å². The van der Waals surface area contributed by atoms with Gasteiger partial charge in [-0.05, 0) is 63.1 Å². The molecule has 1 fully saturated rings. The average molecular weight is 380 g/mol. The van der Waals surface area contributed by atoms with Crippen molar-refractivity contribution in [1.29, 1.82) is 0 Å². The minimum Gasteiger partial charge on any atom is -0.355 e. The molecule has 1 saturated heterocycles. The van der Waals surface area contributed by atoms with E-state index >= 15 is 0 Å². The number of anilines is 2. The third-order valence-corrected chi connectivity index (χ3v) is 4.76. The predicted octanol–water partition coefficient (Wildman–Crippen LogP) is 3.27. The van der Waals surface area contributed by atoms with Crippen molar-refractivity contribution >= 4 is 17.4 Å². The summed E-state index contributed by atoms with van der Waals surface area (Å²) in [6.45, 7) is 5.63. The van der Waals surface area contributed by atoms with Crippen molar-refractivity contribution in [3.05, 3.63) is 59.3 Å². The molecule has 28 heavy (non-hydrogen) atoms. The number of halogens is 1. The SMILES string of the molecule is Cc1cc(C)n(-c2ccc(NC(=O)c3ccc(N4CCCC4)nn3)cc2F)n1. The van der Waals surface area contributed by atoms with Gasteiger partial charge in [0.2, 0.25) is 0 Å². The number of nitrogens with one attached hydrogen (secondary N) is 1. The molecule has 144 valence electrons. The lowest BCUT2D eigenvalue weighted by Crippen LogP contribution is -2.21. The topological polar surface area (TPSA) is 75.9 Å². The van der Waals surface area contributed by atoms with Crippen LogP contribution in [0, 0.1) is 19.7 Å². The summed E-state index contributed by atoms with van der Waals surface area (Å²) in [5.41, 5.74) is 2.51. The molecule has 1 aliphatic heterocycles. The molecule has 1 amide bonds. The summed E-state index contributed by atoms with van der Waals surface area (Å²) in [6.07, 6.45) is 2.28. The van der Waals surface area contributed by atoms with Gasteiger partial charge in [-0.2, -0.15) is 5.10 Å². The normalized spacial score (nSPS) is 13.8. The highest BCUT2D eigenvalue weighted by Crippen LogP contribution is 2.21. The van der Waals surface area contributed by atoms with E-state index in [2.05, 4.69) is 25.5 Å². The smallest absolute Gasteiger partial charge is 0.276 e. The highest BCUT2D eigenvalue weighted by molar-refractivity contribution is 6.02. The molecule has 4 rings (SSSR count). The number of nitrogens with zero attached hydrogens (tertiary/aromatic N) is 5. The lowest BCUT2D eigenvalue weighted by Gasteiger charge is -2.15. The zero-order valence-corrected chi connectivity index (χ0v) is 15.8. The second-order valence-corrected chi connectivity index (χ2v) is 6.93. The molecule has 0 radical (unpaired) electrons. The van der Waals surface area contributed by atoms with Crippen LogP contribution in [0.1, 0.15) is 34.7 Å². The van der Waals surface area contributed by atoms with Crippen molar-refractivity contribution < 1.29 is 9.18 Å². The van der Waals surface area contributed by atoms with Gasteiger partial charge in [0, 0.05) is 24.5 Å². The second kappa shape index (κ2) is 7.38. The third-order valence-electron chi connectivity index (χ3n) is 4.76. The summed E-state index contributed by atoms with van der Waals surface area (Å²) in [4.78, 5) is 14.5. The van der Waals surface area contributed by atoms with Gasteiger partial charge < -0.3 is 10.2 Å². The number of carbonyl (C=O) groups is 1. The van der Waals surface area contributed by atoms with Crippen molar-refractivity contribution in [1.82, 2.24) is 20.0 Å². The summed E-state index contributed by atoms with van der Waals surface area (Å²) in [5.74, 6) is -0.132. The quantitative estimate of drug-likeness (QED) is 0.752. The van der Waals surface area contributed by atoms with Gasteiger partial charge in [-0.25, -0.2) is 9.07 Å². The van der Waals surface area contributed by atoms with Crippen LogP contribution < -0.4 is 10.2 Å². The average Bonchev–Trinajstić information content (AvgIpc) is 3.32. The Hall–Kier alpha value is -3.29. The summed E-state index contributed by atoms with van der Waals surface area (Å²) in [5, 5.41) is 15.1. The minimum atomic E-state index is -0.473. The summed E-state index contributed by atoms with van der Waals surface area (Å²) < 4.78 is 16.1. The van der Waals surface area contributed by atoms with Crippen LogP contribution in [0.4, 0.5) is 15.9 Å². The van der Waals surface area contributed by atoms with E-state index in [0.29, 0.717) is 11.4 Å². The molecule has 8 heteroatoms. The molecule has 0 aliphatic carbocycles. The molecule has 3 heterocycles. The van der Waals surface area contributed by atoms with Crippen LogP contribution in [-0.4, -0.2) is 39.0 Å². The molecule has 0 unspecified atom stereocenters. The van der Waals surface area contributed by atoms with Gasteiger partial charge in [0.05, 0.1) is 5.69 Å². The monoisotopic (exact) mass is 380 g/mol. The molecule has 0 bridgehead atoms. The van der Waals surface area contributed by atoms with E-state index in [1.807, 2.05) is 19.9 Å². The maximum Gasteiger partial charge on any atom is 0.276 e. The molecule has 1 aromatic carbocycles. The Labute approximate surface area is 162 Å². The Morgan fingerprint density at radius 2 is 1.86 bits per heavy atom. The number of rotatable bonds is 4. The van der Waals surface area contributed by atoms with Gasteiger partial charge in [-0.15, -0.1) is 10.2 Å². The number of aryl methyl sites for hydroxylation is 2. The fraction of sp³-hybridized carbons (Fsp3) is 0.300. The van der Waals surface area contributed by atoms with E-state index in [1.54, 1.807) is 28.9 Å². The first kappa shape index (κ1) is 18.1. The van der Waals surface area contributed by atoms with Gasteiger partial charge in [-0.3, -0.25) is 4.79 Å². The highest BCUT2D eigenvalue weighted by atomic mass is 19.1. The van der Waals surface area contributed by atoms with E-state index in [1.165, 1.54) is 6.07 Å². The van der Waals surface area contributed by atoms with Crippen LogP contribution in [-0.2, 0) is 0 Å². The van der Waals surface area contributed by atoms with E-state index < -0.39 is 11.7 Å². The first-order chi connectivity index (χ1) is 13.5. The van der Waals surface area contributed by atoms with Crippen LogP contribution in [0.3, 0.4) is 0 Å². The molecular weight excluding hydrogens is 359 g/mol. The van der Waals surface area contributed by atoms with Gasteiger partial charge >= 0.3 is 0 Å². The van der Waals surface area contributed by atoms with Gasteiger partial charge in [0.1, 0.15) is 5.69 Å². The highest BCUT2D eigenvalue weighted by Gasteiger charge is 2.16. The molecule has 7 nitrogen and oxygen atoms in total. The maximum absolute atomic E-state index is 14.6. The minimum absolute atomic E-state index is 0.186.